The standard InChI is InChI=1S/C20H21ClN2O5S/c1-27-19(26)20-6-7-28-10-12(20)9-23(11-20)15(24)8-22-18(25)17-16(21)13-4-2-3-5-14(13)29-17/h2-5,12H,6-11H2,1H3,(H,22,25)/t12-,20+/m0/s1. The minimum atomic E-state index is -0.721. The fourth-order valence-corrected chi connectivity index (χ4v) is 5.62. The van der Waals surface area contributed by atoms with Crippen molar-refractivity contribution in [3.63, 3.8) is 0 Å². The number of hydrogen-bond donors (Lipinski definition) is 1. The molecule has 2 atom stereocenters. The van der Waals surface area contributed by atoms with Crippen LogP contribution in [-0.2, 0) is 19.1 Å². The monoisotopic (exact) mass is 436 g/mol. The summed E-state index contributed by atoms with van der Waals surface area (Å²) in [6.07, 6.45) is 0.526. The lowest BCUT2D eigenvalue weighted by molar-refractivity contribution is -0.161. The topological polar surface area (TPSA) is 84.9 Å². The number of methoxy groups -OCH3 is 1. The molecule has 3 heterocycles. The van der Waals surface area contributed by atoms with Crippen molar-refractivity contribution in [1.29, 1.82) is 0 Å². The summed E-state index contributed by atoms with van der Waals surface area (Å²) in [7, 11) is 1.36. The molecule has 0 bridgehead atoms. The Labute approximate surface area is 176 Å². The zero-order valence-corrected chi connectivity index (χ0v) is 17.5. The molecule has 0 unspecified atom stereocenters. The van der Waals surface area contributed by atoms with E-state index in [9.17, 15) is 14.4 Å². The normalized spacial score (nSPS) is 23.7. The summed E-state index contributed by atoms with van der Waals surface area (Å²) in [6.45, 7) is 1.42. The van der Waals surface area contributed by atoms with Gasteiger partial charge >= 0.3 is 5.97 Å². The van der Waals surface area contributed by atoms with Crippen LogP contribution in [0.25, 0.3) is 10.1 Å². The molecule has 0 saturated carbocycles. The summed E-state index contributed by atoms with van der Waals surface area (Å²) in [5.41, 5.74) is -0.721. The summed E-state index contributed by atoms with van der Waals surface area (Å²) in [5, 5.41) is 3.87. The molecule has 9 heteroatoms. The first-order valence-electron chi connectivity index (χ1n) is 9.35. The number of halogens is 1. The van der Waals surface area contributed by atoms with Crippen molar-refractivity contribution in [3.8, 4) is 0 Å². The molecular weight excluding hydrogens is 416 g/mol. The Morgan fingerprint density at radius 3 is 2.93 bits per heavy atom. The van der Waals surface area contributed by atoms with Crippen LogP contribution >= 0.6 is 22.9 Å². The minimum absolute atomic E-state index is 0.0969. The minimum Gasteiger partial charge on any atom is -0.469 e. The molecule has 2 aliphatic heterocycles. The predicted molar refractivity (Wildman–Crippen MR) is 109 cm³/mol. The Morgan fingerprint density at radius 2 is 2.17 bits per heavy atom. The van der Waals surface area contributed by atoms with Crippen LogP contribution in [0.5, 0.6) is 0 Å². The second-order valence-electron chi connectivity index (χ2n) is 7.37. The first kappa shape index (κ1) is 20.1. The van der Waals surface area contributed by atoms with E-state index in [-0.39, 0.29) is 36.8 Å². The molecule has 2 fully saturated rings. The number of amides is 2. The highest BCUT2D eigenvalue weighted by Crippen LogP contribution is 2.43. The molecule has 0 spiro atoms. The van der Waals surface area contributed by atoms with Crippen LogP contribution in [-0.4, -0.2) is 62.6 Å². The van der Waals surface area contributed by atoms with Gasteiger partial charge in [0, 0.05) is 35.7 Å². The maximum atomic E-state index is 12.7. The Hall–Kier alpha value is -2.16. The zero-order valence-electron chi connectivity index (χ0n) is 15.9. The number of fused-ring (bicyclic) bond motifs is 2. The maximum absolute atomic E-state index is 12.7. The Kier molecular flexibility index (Phi) is 5.50. The lowest BCUT2D eigenvalue weighted by atomic mass is 9.74. The Morgan fingerprint density at radius 1 is 1.38 bits per heavy atom. The molecule has 1 aromatic heterocycles. The molecule has 29 heavy (non-hydrogen) atoms. The van der Waals surface area contributed by atoms with Crippen LogP contribution in [0.4, 0.5) is 0 Å². The van der Waals surface area contributed by atoms with E-state index < -0.39 is 5.41 Å². The second kappa shape index (κ2) is 7.93. The molecule has 1 N–H and O–H groups in total. The van der Waals surface area contributed by atoms with Gasteiger partial charge in [0.05, 0.1) is 30.7 Å². The van der Waals surface area contributed by atoms with E-state index in [0.29, 0.717) is 36.1 Å². The third-order valence-electron chi connectivity index (χ3n) is 5.79. The molecule has 0 radical (unpaired) electrons. The van der Waals surface area contributed by atoms with E-state index >= 15 is 0 Å². The number of rotatable bonds is 4. The van der Waals surface area contributed by atoms with Gasteiger partial charge in [-0.1, -0.05) is 29.8 Å². The molecule has 1 aromatic carbocycles. The fourth-order valence-electron chi connectivity index (χ4n) is 4.18. The van der Waals surface area contributed by atoms with Gasteiger partial charge in [0.2, 0.25) is 5.91 Å². The van der Waals surface area contributed by atoms with Gasteiger partial charge in [-0.25, -0.2) is 0 Å². The average Bonchev–Trinajstić information content (AvgIpc) is 3.30. The lowest BCUT2D eigenvalue weighted by Crippen LogP contribution is -2.46. The van der Waals surface area contributed by atoms with E-state index in [1.54, 1.807) is 4.90 Å². The van der Waals surface area contributed by atoms with Crippen molar-refractivity contribution in [1.82, 2.24) is 10.2 Å². The second-order valence-corrected chi connectivity index (χ2v) is 8.80. The van der Waals surface area contributed by atoms with Gasteiger partial charge < -0.3 is 19.7 Å². The van der Waals surface area contributed by atoms with Gasteiger partial charge in [-0.2, -0.15) is 0 Å². The van der Waals surface area contributed by atoms with E-state index in [1.807, 2.05) is 24.3 Å². The number of likely N-dealkylation sites (tertiary alicyclic amines) is 1. The van der Waals surface area contributed by atoms with Crippen molar-refractivity contribution in [2.75, 3.05) is 40.0 Å². The van der Waals surface area contributed by atoms with E-state index in [4.69, 9.17) is 21.1 Å². The molecule has 154 valence electrons. The number of esters is 1. The van der Waals surface area contributed by atoms with Gasteiger partial charge in [-0.05, 0) is 12.5 Å². The van der Waals surface area contributed by atoms with Crippen molar-refractivity contribution in [2.24, 2.45) is 11.3 Å². The van der Waals surface area contributed by atoms with Gasteiger partial charge in [-0.3, -0.25) is 14.4 Å². The molecule has 2 amide bonds. The molecule has 7 nitrogen and oxygen atoms in total. The fraction of sp³-hybridized carbons (Fsp3) is 0.450. The van der Waals surface area contributed by atoms with E-state index in [2.05, 4.69) is 5.32 Å². The van der Waals surface area contributed by atoms with Gasteiger partial charge in [-0.15, -0.1) is 11.3 Å². The van der Waals surface area contributed by atoms with Gasteiger partial charge in [0.15, 0.2) is 0 Å². The number of carbonyl (C=O) groups is 3. The van der Waals surface area contributed by atoms with Gasteiger partial charge in [0.25, 0.3) is 5.91 Å². The number of ether oxygens (including phenoxy) is 2. The third kappa shape index (κ3) is 3.49. The highest BCUT2D eigenvalue weighted by Gasteiger charge is 2.55. The summed E-state index contributed by atoms with van der Waals surface area (Å²) in [4.78, 5) is 39.7. The first-order chi connectivity index (χ1) is 14.0. The van der Waals surface area contributed by atoms with Crippen LogP contribution < -0.4 is 5.32 Å². The zero-order chi connectivity index (χ0) is 20.6. The van der Waals surface area contributed by atoms with Crippen molar-refractivity contribution >= 4 is 50.8 Å². The Balaban J connectivity index is 1.42. The number of nitrogens with zero attached hydrogens (tertiary/aromatic N) is 1. The third-order valence-corrected chi connectivity index (χ3v) is 7.47. The maximum Gasteiger partial charge on any atom is 0.314 e. The van der Waals surface area contributed by atoms with Crippen molar-refractivity contribution in [3.05, 3.63) is 34.2 Å². The summed E-state index contributed by atoms with van der Waals surface area (Å²) in [6, 6.07) is 7.50. The van der Waals surface area contributed by atoms with Crippen molar-refractivity contribution < 1.29 is 23.9 Å². The summed E-state index contributed by atoms with van der Waals surface area (Å²) < 4.78 is 11.4. The first-order valence-corrected chi connectivity index (χ1v) is 10.5. The molecule has 2 saturated heterocycles. The largest absolute Gasteiger partial charge is 0.469 e. The highest BCUT2D eigenvalue weighted by molar-refractivity contribution is 7.21. The number of benzene rings is 1. The SMILES string of the molecule is COC(=O)[C@@]12CCOC[C@@H]1CN(C(=O)CNC(=O)c1sc3ccccc3c1Cl)C2. The molecule has 0 aliphatic carbocycles. The Bertz CT molecular complexity index is 977. The van der Waals surface area contributed by atoms with E-state index in [1.165, 1.54) is 18.4 Å². The molecular formula is C20H21ClN2O5S. The van der Waals surface area contributed by atoms with Crippen LogP contribution in [0.3, 0.4) is 0 Å². The lowest BCUT2D eigenvalue weighted by Gasteiger charge is -2.35. The molecule has 2 aromatic rings. The van der Waals surface area contributed by atoms with Crippen LogP contribution in [0.15, 0.2) is 24.3 Å². The number of carbonyl (C=O) groups excluding carboxylic acids is 3. The quantitative estimate of drug-likeness (QED) is 0.743. The predicted octanol–water partition coefficient (Wildman–Crippen LogP) is 2.32. The summed E-state index contributed by atoms with van der Waals surface area (Å²) in [5.74, 6) is -1.02. The van der Waals surface area contributed by atoms with Crippen LogP contribution in [0.2, 0.25) is 5.02 Å². The molecule has 4 rings (SSSR count). The van der Waals surface area contributed by atoms with Gasteiger partial charge in [0.1, 0.15) is 4.88 Å². The van der Waals surface area contributed by atoms with Crippen LogP contribution in [0.1, 0.15) is 16.1 Å². The number of thiophene rings is 1. The smallest absolute Gasteiger partial charge is 0.314 e. The highest BCUT2D eigenvalue weighted by atomic mass is 35.5. The van der Waals surface area contributed by atoms with Crippen molar-refractivity contribution in [2.45, 2.75) is 6.42 Å². The number of nitrogens with one attached hydrogen (secondary N) is 1. The van der Waals surface area contributed by atoms with Crippen LogP contribution in [0, 0.1) is 11.3 Å². The molecule has 2 aliphatic rings. The number of hydrogen-bond acceptors (Lipinski definition) is 6. The summed E-state index contributed by atoms with van der Waals surface area (Å²) >= 11 is 7.63. The average molecular weight is 437 g/mol. The van der Waals surface area contributed by atoms with E-state index in [0.717, 1.165) is 10.1 Å².